The van der Waals surface area contributed by atoms with E-state index in [0.29, 0.717) is 0 Å². The molecule has 1 aromatic carbocycles. The lowest BCUT2D eigenvalue weighted by Crippen LogP contribution is -2.36. The lowest BCUT2D eigenvalue weighted by molar-refractivity contribution is -0.132. The van der Waals surface area contributed by atoms with Crippen molar-refractivity contribution in [2.75, 3.05) is 20.2 Å². The Morgan fingerprint density at radius 1 is 1.40 bits per heavy atom. The Labute approximate surface area is 150 Å². The number of rotatable bonds is 6. The van der Waals surface area contributed by atoms with Gasteiger partial charge in [-0.15, -0.1) is 6.58 Å². The topological polar surface area (TPSA) is 34.5 Å². The molecule has 1 aromatic heterocycles. The molecule has 0 fully saturated rings. The SMILES string of the molecule is C=CCn1c2c(c3c(OC)cccc31)C(C(=O)N(CC)CC)CCC2. The Morgan fingerprint density at radius 2 is 2.16 bits per heavy atom. The van der Waals surface area contributed by atoms with Crippen molar-refractivity contribution in [3.8, 4) is 5.75 Å². The van der Waals surface area contributed by atoms with E-state index >= 15 is 0 Å². The molecule has 0 saturated carbocycles. The molecule has 1 aliphatic rings. The Hall–Kier alpha value is -2.23. The average Bonchev–Trinajstić information content (AvgIpc) is 2.97. The third kappa shape index (κ3) is 2.84. The van der Waals surface area contributed by atoms with Gasteiger partial charge in [0.15, 0.2) is 0 Å². The minimum atomic E-state index is -0.0754. The van der Waals surface area contributed by atoms with Gasteiger partial charge in [-0.2, -0.15) is 0 Å². The lowest BCUT2D eigenvalue weighted by atomic mass is 9.84. The van der Waals surface area contributed by atoms with Gasteiger partial charge in [0, 0.05) is 30.7 Å². The first-order valence-electron chi connectivity index (χ1n) is 9.25. The Balaban J connectivity index is 2.25. The van der Waals surface area contributed by atoms with Crippen molar-refractivity contribution in [3.63, 3.8) is 0 Å². The molecule has 1 amide bonds. The van der Waals surface area contributed by atoms with Gasteiger partial charge in [0.05, 0.1) is 18.5 Å². The molecule has 0 saturated heterocycles. The number of fused-ring (bicyclic) bond motifs is 3. The maximum atomic E-state index is 13.2. The highest BCUT2D eigenvalue weighted by Gasteiger charge is 2.34. The highest BCUT2D eigenvalue weighted by molar-refractivity contribution is 5.97. The number of amides is 1. The van der Waals surface area contributed by atoms with Gasteiger partial charge in [-0.05, 0) is 50.8 Å². The summed E-state index contributed by atoms with van der Waals surface area (Å²) >= 11 is 0. The molecule has 2 aromatic rings. The van der Waals surface area contributed by atoms with Crippen LogP contribution >= 0.6 is 0 Å². The van der Waals surface area contributed by atoms with Crippen molar-refractivity contribution >= 4 is 16.8 Å². The molecule has 25 heavy (non-hydrogen) atoms. The number of hydrogen-bond donors (Lipinski definition) is 0. The number of allylic oxidation sites excluding steroid dienone is 1. The molecule has 0 N–H and O–H groups in total. The fourth-order valence-corrected chi connectivity index (χ4v) is 4.22. The second-order valence-corrected chi connectivity index (χ2v) is 6.57. The van der Waals surface area contributed by atoms with Gasteiger partial charge < -0.3 is 14.2 Å². The monoisotopic (exact) mass is 340 g/mol. The lowest BCUT2D eigenvalue weighted by Gasteiger charge is -2.29. The third-order valence-corrected chi connectivity index (χ3v) is 5.36. The largest absolute Gasteiger partial charge is 0.496 e. The van der Waals surface area contributed by atoms with Crippen molar-refractivity contribution in [2.24, 2.45) is 0 Å². The number of benzene rings is 1. The Kier molecular flexibility index (Phi) is 5.16. The fourth-order valence-electron chi connectivity index (χ4n) is 4.22. The van der Waals surface area contributed by atoms with Crippen LogP contribution in [0.25, 0.3) is 10.9 Å². The first-order chi connectivity index (χ1) is 12.2. The Bertz CT molecular complexity index is 787. The van der Waals surface area contributed by atoms with Crippen molar-refractivity contribution in [2.45, 2.75) is 45.6 Å². The van der Waals surface area contributed by atoms with Crippen LogP contribution in [0.1, 0.15) is 43.9 Å². The quantitative estimate of drug-likeness (QED) is 0.741. The van der Waals surface area contributed by atoms with E-state index in [1.165, 1.54) is 11.3 Å². The zero-order valence-corrected chi connectivity index (χ0v) is 15.5. The summed E-state index contributed by atoms with van der Waals surface area (Å²) < 4.78 is 7.97. The summed E-state index contributed by atoms with van der Waals surface area (Å²) in [5, 5.41) is 1.10. The van der Waals surface area contributed by atoms with Crippen LogP contribution in [-0.2, 0) is 17.8 Å². The molecule has 0 radical (unpaired) electrons. The van der Waals surface area contributed by atoms with Crippen molar-refractivity contribution in [1.29, 1.82) is 0 Å². The molecule has 0 aliphatic heterocycles. The number of ether oxygens (including phenoxy) is 1. The zero-order chi connectivity index (χ0) is 18.0. The number of aromatic nitrogens is 1. The van der Waals surface area contributed by atoms with Gasteiger partial charge in [0.25, 0.3) is 0 Å². The summed E-state index contributed by atoms with van der Waals surface area (Å²) in [6.45, 7) is 10.3. The van der Waals surface area contributed by atoms with Crippen molar-refractivity contribution in [1.82, 2.24) is 9.47 Å². The van der Waals surface area contributed by atoms with Crippen LogP contribution in [0.15, 0.2) is 30.9 Å². The smallest absolute Gasteiger partial charge is 0.230 e. The summed E-state index contributed by atoms with van der Waals surface area (Å²) in [6.07, 6.45) is 4.88. The van der Waals surface area contributed by atoms with Gasteiger partial charge in [-0.3, -0.25) is 4.79 Å². The number of methoxy groups -OCH3 is 1. The third-order valence-electron chi connectivity index (χ3n) is 5.36. The number of carbonyl (C=O) groups is 1. The average molecular weight is 340 g/mol. The molecule has 134 valence electrons. The second kappa shape index (κ2) is 7.34. The van der Waals surface area contributed by atoms with Crippen LogP contribution in [0, 0.1) is 0 Å². The highest BCUT2D eigenvalue weighted by Crippen LogP contribution is 2.43. The summed E-state index contributed by atoms with van der Waals surface area (Å²) in [6, 6.07) is 6.14. The van der Waals surface area contributed by atoms with E-state index in [2.05, 4.69) is 17.2 Å². The zero-order valence-electron chi connectivity index (χ0n) is 15.5. The molecule has 0 bridgehead atoms. The summed E-state index contributed by atoms with van der Waals surface area (Å²) in [7, 11) is 1.70. The summed E-state index contributed by atoms with van der Waals surface area (Å²) in [5.74, 6) is 1.03. The van der Waals surface area contributed by atoms with E-state index in [4.69, 9.17) is 4.74 Å². The minimum absolute atomic E-state index is 0.0754. The number of carbonyl (C=O) groups excluding carboxylic acids is 1. The maximum Gasteiger partial charge on any atom is 0.230 e. The normalized spacial score (nSPS) is 16.5. The van der Waals surface area contributed by atoms with Gasteiger partial charge in [-0.25, -0.2) is 0 Å². The fraction of sp³-hybridized carbons (Fsp3) is 0.476. The first kappa shape index (κ1) is 17.6. The molecule has 0 spiro atoms. The predicted molar refractivity (Wildman–Crippen MR) is 102 cm³/mol. The molecular formula is C21H28N2O2. The van der Waals surface area contributed by atoms with Crippen LogP contribution < -0.4 is 4.74 Å². The summed E-state index contributed by atoms with van der Waals surface area (Å²) in [4.78, 5) is 15.1. The van der Waals surface area contributed by atoms with Gasteiger partial charge in [-0.1, -0.05) is 12.1 Å². The molecule has 4 heteroatoms. The van der Waals surface area contributed by atoms with Crippen LogP contribution in [-0.4, -0.2) is 35.6 Å². The maximum absolute atomic E-state index is 13.2. The van der Waals surface area contributed by atoms with E-state index in [0.717, 1.165) is 55.5 Å². The molecule has 1 aliphatic carbocycles. The van der Waals surface area contributed by atoms with Gasteiger partial charge in [0.1, 0.15) is 5.75 Å². The van der Waals surface area contributed by atoms with E-state index in [1.807, 2.05) is 37.0 Å². The van der Waals surface area contributed by atoms with Crippen LogP contribution in [0.4, 0.5) is 0 Å². The van der Waals surface area contributed by atoms with Crippen molar-refractivity contribution < 1.29 is 9.53 Å². The standard InChI is InChI=1S/C21H28N2O2/c1-5-14-23-16-11-8-10-15(21(24)22(6-2)7-3)19(16)20-17(23)12-9-13-18(20)25-4/h5,9,12-13,15H,1,6-8,10-11,14H2,2-4H3. The second-order valence-electron chi connectivity index (χ2n) is 6.57. The predicted octanol–water partition coefficient (Wildman–Crippen LogP) is 4.12. The molecule has 1 heterocycles. The molecule has 3 rings (SSSR count). The van der Waals surface area contributed by atoms with Crippen molar-refractivity contribution in [3.05, 3.63) is 42.1 Å². The summed E-state index contributed by atoms with van der Waals surface area (Å²) in [5.41, 5.74) is 3.59. The van der Waals surface area contributed by atoms with Gasteiger partial charge >= 0.3 is 0 Å². The van der Waals surface area contributed by atoms with E-state index in [-0.39, 0.29) is 11.8 Å². The van der Waals surface area contributed by atoms with Gasteiger partial charge in [0.2, 0.25) is 5.91 Å². The van der Waals surface area contributed by atoms with E-state index in [1.54, 1.807) is 7.11 Å². The van der Waals surface area contributed by atoms with E-state index in [9.17, 15) is 4.79 Å². The number of nitrogens with zero attached hydrogens (tertiary/aromatic N) is 2. The number of hydrogen-bond acceptors (Lipinski definition) is 2. The minimum Gasteiger partial charge on any atom is -0.496 e. The Morgan fingerprint density at radius 3 is 2.80 bits per heavy atom. The van der Waals surface area contributed by atoms with E-state index < -0.39 is 0 Å². The molecular weight excluding hydrogens is 312 g/mol. The van der Waals surface area contributed by atoms with Crippen LogP contribution in [0.2, 0.25) is 0 Å². The molecule has 1 unspecified atom stereocenters. The van der Waals surface area contributed by atoms with Crippen LogP contribution in [0.5, 0.6) is 5.75 Å². The first-order valence-corrected chi connectivity index (χ1v) is 9.25. The highest BCUT2D eigenvalue weighted by atomic mass is 16.5. The number of likely N-dealkylation sites (N-methyl/N-ethyl adjacent to an activating group) is 1. The molecule has 4 nitrogen and oxygen atoms in total. The van der Waals surface area contributed by atoms with Crippen LogP contribution in [0.3, 0.4) is 0 Å². The molecule has 1 atom stereocenters.